The van der Waals surface area contributed by atoms with E-state index in [-0.39, 0.29) is 12.1 Å². The van der Waals surface area contributed by atoms with Gasteiger partial charge in [-0.1, -0.05) is 26.2 Å². The SMILES string of the molecule is CCOC(=O)C[C@H](C)CCCC[C@H](C)O. The van der Waals surface area contributed by atoms with Crippen LogP contribution < -0.4 is 0 Å². The fourth-order valence-electron chi connectivity index (χ4n) is 1.54. The molecule has 0 heterocycles. The van der Waals surface area contributed by atoms with Gasteiger partial charge in [0.1, 0.15) is 0 Å². The van der Waals surface area contributed by atoms with E-state index in [1.807, 2.05) is 13.8 Å². The Kier molecular flexibility index (Phi) is 8.38. The van der Waals surface area contributed by atoms with E-state index in [1.54, 1.807) is 0 Å². The van der Waals surface area contributed by atoms with E-state index in [0.717, 1.165) is 25.7 Å². The monoisotopic (exact) mass is 216 g/mol. The van der Waals surface area contributed by atoms with Crippen molar-refractivity contribution in [3.63, 3.8) is 0 Å². The van der Waals surface area contributed by atoms with E-state index in [1.165, 1.54) is 0 Å². The largest absolute Gasteiger partial charge is 0.466 e. The maximum absolute atomic E-state index is 11.1. The highest BCUT2D eigenvalue weighted by Crippen LogP contribution is 2.14. The van der Waals surface area contributed by atoms with E-state index in [4.69, 9.17) is 9.84 Å². The van der Waals surface area contributed by atoms with Crippen LogP contribution in [0.5, 0.6) is 0 Å². The van der Waals surface area contributed by atoms with Crippen LogP contribution >= 0.6 is 0 Å². The van der Waals surface area contributed by atoms with Crippen molar-refractivity contribution in [1.29, 1.82) is 0 Å². The molecule has 0 spiro atoms. The van der Waals surface area contributed by atoms with Crippen molar-refractivity contribution in [1.82, 2.24) is 0 Å². The van der Waals surface area contributed by atoms with Crippen molar-refractivity contribution < 1.29 is 14.6 Å². The molecule has 0 radical (unpaired) electrons. The fourth-order valence-corrected chi connectivity index (χ4v) is 1.54. The number of hydrogen-bond acceptors (Lipinski definition) is 3. The van der Waals surface area contributed by atoms with Gasteiger partial charge in [0.25, 0.3) is 0 Å². The van der Waals surface area contributed by atoms with Crippen LogP contribution in [0.3, 0.4) is 0 Å². The number of unbranched alkanes of at least 4 members (excludes halogenated alkanes) is 1. The average Bonchev–Trinajstić information content (AvgIpc) is 2.12. The van der Waals surface area contributed by atoms with Crippen molar-refractivity contribution in [2.24, 2.45) is 5.92 Å². The van der Waals surface area contributed by atoms with Gasteiger partial charge in [0, 0.05) is 6.42 Å². The zero-order valence-electron chi connectivity index (χ0n) is 10.2. The minimum absolute atomic E-state index is 0.0967. The number of aliphatic hydroxyl groups is 1. The second kappa shape index (κ2) is 8.72. The molecule has 0 aliphatic carbocycles. The molecular weight excluding hydrogens is 192 g/mol. The first kappa shape index (κ1) is 14.4. The molecule has 0 saturated heterocycles. The summed E-state index contributed by atoms with van der Waals surface area (Å²) in [4.78, 5) is 11.1. The van der Waals surface area contributed by atoms with E-state index in [9.17, 15) is 4.79 Å². The second-order valence-electron chi connectivity index (χ2n) is 4.25. The van der Waals surface area contributed by atoms with Gasteiger partial charge >= 0.3 is 5.97 Å². The number of carbonyl (C=O) groups is 1. The van der Waals surface area contributed by atoms with Gasteiger partial charge in [0.2, 0.25) is 0 Å². The van der Waals surface area contributed by atoms with E-state index in [0.29, 0.717) is 18.9 Å². The average molecular weight is 216 g/mol. The zero-order valence-corrected chi connectivity index (χ0v) is 10.2. The Morgan fingerprint density at radius 3 is 2.40 bits per heavy atom. The lowest BCUT2D eigenvalue weighted by Gasteiger charge is -2.10. The van der Waals surface area contributed by atoms with Crippen LogP contribution in [0.1, 0.15) is 52.9 Å². The van der Waals surface area contributed by atoms with Crippen LogP contribution in [-0.2, 0) is 9.53 Å². The Hall–Kier alpha value is -0.570. The fraction of sp³-hybridized carbons (Fsp3) is 0.917. The number of carbonyl (C=O) groups excluding carboxylic acids is 1. The standard InChI is InChI=1S/C12H24O3/c1-4-15-12(14)9-10(2)7-5-6-8-11(3)13/h10-11,13H,4-9H2,1-3H3/t10-,11+/m1/s1. The summed E-state index contributed by atoms with van der Waals surface area (Å²) < 4.78 is 4.88. The van der Waals surface area contributed by atoms with Crippen molar-refractivity contribution in [2.75, 3.05) is 6.61 Å². The van der Waals surface area contributed by atoms with E-state index in [2.05, 4.69) is 6.92 Å². The summed E-state index contributed by atoms with van der Waals surface area (Å²) in [5.41, 5.74) is 0. The van der Waals surface area contributed by atoms with Gasteiger partial charge in [0.15, 0.2) is 0 Å². The third-order valence-electron chi connectivity index (χ3n) is 2.39. The van der Waals surface area contributed by atoms with Crippen molar-refractivity contribution >= 4 is 5.97 Å². The molecule has 0 fully saturated rings. The summed E-state index contributed by atoms with van der Waals surface area (Å²) in [5.74, 6) is 0.290. The summed E-state index contributed by atoms with van der Waals surface area (Å²) in [6.45, 7) is 6.17. The van der Waals surface area contributed by atoms with Crippen LogP contribution in [0.4, 0.5) is 0 Å². The molecule has 3 nitrogen and oxygen atoms in total. The third kappa shape index (κ3) is 9.73. The Morgan fingerprint density at radius 1 is 1.27 bits per heavy atom. The van der Waals surface area contributed by atoms with E-state index < -0.39 is 0 Å². The Labute approximate surface area is 92.8 Å². The highest BCUT2D eigenvalue weighted by molar-refractivity contribution is 5.69. The first-order chi connectivity index (χ1) is 7.06. The van der Waals surface area contributed by atoms with Crippen molar-refractivity contribution in [2.45, 2.75) is 59.0 Å². The minimum atomic E-state index is -0.203. The quantitative estimate of drug-likeness (QED) is 0.501. The second-order valence-corrected chi connectivity index (χ2v) is 4.25. The van der Waals surface area contributed by atoms with Crippen LogP contribution in [0.15, 0.2) is 0 Å². The highest BCUT2D eigenvalue weighted by Gasteiger charge is 2.09. The lowest BCUT2D eigenvalue weighted by Crippen LogP contribution is -2.09. The zero-order chi connectivity index (χ0) is 11.7. The Balaban J connectivity index is 3.40. The number of ether oxygens (including phenoxy) is 1. The number of aliphatic hydroxyl groups excluding tert-OH is 1. The topological polar surface area (TPSA) is 46.5 Å². The predicted molar refractivity (Wildman–Crippen MR) is 60.6 cm³/mol. The molecule has 0 amide bonds. The maximum Gasteiger partial charge on any atom is 0.306 e. The molecule has 0 saturated carbocycles. The van der Waals surface area contributed by atoms with Gasteiger partial charge in [-0.15, -0.1) is 0 Å². The van der Waals surface area contributed by atoms with Crippen molar-refractivity contribution in [3.8, 4) is 0 Å². The van der Waals surface area contributed by atoms with Gasteiger partial charge in [-0.25, -0.2) is 0 Å². The molecule has 0 rings (SSSR count). The molecule has 0 unspecified atom stereocenters. The van der Waals surface area contributed by atoms with Gasteiger partial charge in [-0.3, -0.25) is 4.79 Å². The predicted octanol–water partition coefficient (Wildman–Crippen LogP) is 2.52. The normalized spacial score (nSPS) is 14.7. The molecular formula is C12H24O3. The third-order valence-corrected chi connectivity index (χ3v) is 2.39. The molecule has 0 aliphatic heterocycles. The van der Waals surface area contributed by atoms with Gasteiger partial charge in [-0.2, -0.15) is 0 Å². The number of hydrogen-bond donors (Lipinski definition) is 1. The summed E-state index contributed by atoms with van der Waals surface area (Å²) in [6.07, 6.45) is 4.31. The first-order valence-electron chi connectivity index (χ1n) is 5.90. The molecule has 2 atom stereocenters. The van der Waals surface area contributed by atoms with Gasteiger partial charge in [0.05, 0.1) is 12.7 Å². The summed E-state index contributed by atoms with van der Waals surface area (Å²) in [6, 6.07) is 0. The minimum Gasteiger partial charge on any atom is -0.466 e. The Morgan fingerprint density at radius 2 is 1.87 bits per heavy atom. The number of rotatable bonds is 8. The van der Waals surface area contributed by atoms with Crippen LogP contribution in [0.2, 0.25) is 0 Å². The molecule has 3 heteroatoms. The van der Waals surface area contributed by atoms with Crippen LogP contribution in [0.25, 0.3) is 0 Å². The number of esters is 1. The highest BCUT2D eigenvalue weighted by atomic mass is 16.5. The lowest BCUT2D eigenvalue weighted by molar-refractivity contribution is -0.144. The van der Waals surface area contributed by atoms with Crippen LogP contribution in [0, 0.1) is 5.92 Å². The molecule has 0 bridgehead atoms. The van der Waals surface area contributed by atoms with Gasteiger partial charge < -0.3 is 9.84 Å². The first-order valence-corrected chi connectivity index (χ1v) is 5.90. The molecule has 15 heavy (non-hydrogen) atoms. The molecule has 1 N–H and O–H groups in total. The smallest absolute Gasteiger partial charge is 0.306 e. The molecule has 0 aromatic heterocycles. The molecule has 90 valence electrons. The van der Waals surface area contributed by atoms with Crippen molar-refractivity contribution in [3.05, 3.63) is 0 Å². The lowest BCUT2D eigenvalue weighted by atomic mass is 9.99. The van der Waals surface area contributed by atoms with E-state index >= 15 is 0 Å². The summed E-state index contributed by atoms with van der Waals surface area (Å²) in [5, 5.41) is 9.06. The van der Waals surface area contributed by atoms with Crippen LogP contribution in [-0.4, -0.2) is 23.8 Å². The maximum atomic E-state index is 11.1. The Bertz CT molecular complexity index is 166. The summed E-state index contributed by atoms with van der Waals surface area (Å²) in [7, 11) is 0. The summed E-state index contributed by atoms with van der Waals surface area (Å²) >= 11 is 0. The molecule has 0 aromatic rings. The van der Waals surface area contributed by atoms with Gasteiger partial charge in [-0.05, 0) is 26.2 Å². The molecule has 0 aromatic carbocycles. The molecule has 0 aliphatic rings.